The van der Waals surface area contributed by atoms with Crippen molar-refractivity contribution < 1.29 is 9.47 Å². The van der Waals surface area contributed by atoms with Crippen LogP contribution in [-0.2, 0) is 6.54 Å². The topological polar surface area (TPSA) is 33.7 Å². The van der Waals surface area contributed by atoms with E-state index < -0.39 is 0 Å². The Labute approximate surface area is 158 Å². The van der Waals surface area contributed by atoms with Crippen molar-refractivity contribution >= 4 is 28.3 Å². The van der Waals surface area contributed by atoms with Gasteiger partial charge in [-0.1, -0.05) is 0 Å². The van der Waals surface area contributed by atoms with Gasteiger partial charge in [0.1, 0.15) is 0 Å². The van der Waals surface area contributed by atoms with Crippen molar-refractivity contribution in [2.75, 3.05) is 39.4 Å². The zero-order chi connectivity index (χ0) is 15.7. The number of benzene rings is 1. The molecule has 0 aromatic heterocycles. The van der Waals surface area contributed by atoms with Gasteiger partial charge < -0.3 is 14.8 Å². The third-order valence-corrected chi connectivity index (χ3v) is 6.04. The van der Waals surface area contributed by atoms with Crippen molar-refractivity contribution in [1.29, 1.82) is 0 Å². The molecule has 24 heavy (non-hydrogen) atoms. The van der Waals surface area contributed by atoms with E-state index in [2.05, 4.69) is 38.3 Å². The highest BCUT2D eigenvalue weighted by Gasteiger charge is 2.38. The van der Waals surface area contributed by atoms with Gasteiger partial charge in [-0.25, -0.2) is 0 Å². The van der Waals surface area contributed by atoms with Gasteiger partial charge in [-0.3, -0.25) is 4.90 Å². The van der Waals surface area contributed by atoms with Crippen molar-refractivity contribution in [2.45, 2.75) is 32.2 Å². The molecule has 4 nitrogen and oxygen atoms in total. The minimum atomic E-state index is 0. The quantitative estimate of drug-likeness (QED) is 0.797. The summed E-state index contributed by atoms with van der Waals surface area (Å²) < 4.78 is 12.7. The smallest absolute Gasteiger partial charge is 0.175 e. The number of nitrogens with zero attached hydrogens (tertiary/aromatic N) is 1. The van der Waals surface area contributed by atoms with E-state index in [1.807, 2.05) is 0 Å². The second kappa shape index (κ2) is 7.81. The van der Waals surface area contributed by atoms with Crippen molar-refractivity contribution in [1.82, 2.24) is 10.2 Å². The van der Waals surface area contributed by atoms with Crippen LogP contribution in [0.2, 0.25) is 0 Å². The molecule has 6 heteroatoms. The Bertz CT molecular complexity index is 578. The summed E-state index contributed by atoms with van der Waals surface area (Å²) in [4.78, 5) is 2.61. The lowest BCUT2D eigenvalue weighted by Crippen LogP contribution is -2.38. The SMILES string of the molecule is Brc1cc(CN2CCC3(CCNCC3)C2)cc2c1OCCCO2.Cl. The van der Waals surface area contributed by atoms with Crippen LogP contribution in [0.4, 0.5) is 0 Å². The number of piperidine rings is 1. The average Bonchev–Trinajstić information content (AvgIpc) is 2.77. The number of fused-ring (bicyclic) bond motifs is 1. The first kappa shape index (κ1) is 18.3. The zero-order valence-corrected chi connectivity index (χ0v) is 16.4. The van der Waals surface area contributed by atoms with Crippen LogP contribution in [0.25, 0.3) is 0 Å². The molecule has 0 unspecified atom stereocenters. The third kappa shape index (κ3) is 3.85. The molecule has 4 rings (SSSR count). The first-order valence-corrected chi connectivity index (χ1v) is 9.55. The summed E-state index contributed by atoms with van der Waals surface area (Å²) in [5, 5.41) is 3.49. The number of hydrogen-bond donors (Lipinski definition) is 1. The van der Waals surface area contributed by atoms with E-state index in [1.165, 1.54) is 51.0 Å². The van der Waals surface area contributed by atoms with Gasteiger partial charge in [0.15, 0.2) is 11.5 Å². The summed E-state index contributed by atoms with van der Waals surface area (Å²) in [7, 11) is 0. The summed E-state index contributed by atoms with van der Waals surface area (Å²) in [6.45, 7) is 7.29. The standard InChI is InChI=1S/C18H25BrN2O2.ClH/c19-15-10-14(11-16-17(15)23-9-1-8-22-16)12-21-7-4-18(13-21)2-5-20-6-3-18;/h10-11,20H,1-9,12-13H2;1H. The van der Waals surface area contributed by atoms with E-state index in [1.54, 1.807) is 0 Å². The van der Waals surface area contributed by atoms with Crippen LogP contribution >= 0.6 is 28.3 Å². The Kier molecular flexibility index (Phi) is 5.96. The molecule has 3 aliphatic rings. The number of rotatable bonds is 2. The fourth-order valence-electron chi connectivity index (χ4n) is 4.16. The summed E-state index contributed by atoms with van der Waals surface area (Å²) in [6, 6.07) is 4.36. The molecule has 134 valence electrons. The Hall–Kier alpha value is -0.490. The fourth-order valence-corrected chi connectivity index (χ4v) is 4.77. The molecule has 3 heterocycles. The molecule has 1 aromatic rings. The van der Waals surface area contributed by atoms with Crippen LogP contribution < -0.4 is 14.8 Å². The van der Waals surface area contributed by atoms with E-state index in [9.17, 15) is 0 Å². The van der Waals surface area contributed by atoms with Crippen LogP contribution in [0, 0.1) is 5.41 Å². The van der Waals surface area contributed by atoms with Gasteiger partial charge in [0.2, 0.25) is 0 Å². The highest BCUT2D eigenvalue weighted by Crippen LogP contribution is 2.41. The van der Waals surface area contributed by atoms with Crippen molar-refractivity contribution in [3.63, 3.8) is 0 Å². The van der Waals surface area contributed by atoms with Crippen LogP contribution in [0.5, 0.6) is 11.5 Å². The molecule has 3 aliphatic heterocycles. The van der Waals surface area contributed by atoms with Gasteiger partial charge in [-0.2, -0.15) is 0 Å². The van der Waals surface area contributed by atoms with Gasteiger partial charge in [0.25, 0.3) is 0 Å². The van der Waals surface area contributed by atoms with Crippen molar-refractivity contribution in [3.8, 4) is 11.5 Å². The van der Waals surface area contributed by atoms with Gasteiger partial charge in [0, 0.05) is 19.5 Å². The molecule has 2 saturated heterocycles. The van der Waals surface area contributed by atoms with E-state index in [0.29, 0.717) is 5.41 Å². The summed E-state index contributed by atoms with van der Waals surface area (Å²) in [6.07, 6.45) is 4.95. The fraction of sp³-hybridized carbons (Fsp3) is 0.667. The predicted octanol–water partition coefficient (Wildman–Crippen LogP) is 3.61. The first-order valence-electron chi connectivity index (χ1n) is 8.75. The lowest BCUT2D eigenvalue weighted by atomic mass is 9.78. The van der Waals surface area contributed by atoms with Gasteiger partial charge >= 0.3 is 0 Å². The minimum absolute atomic E-state index is 0. The number of likely N-dealkylation sites (tertiary alicyclic amines) is 1. The maximum Gasteiger partial charge on any atom is 0.175 e. The minimum Gasteiger partial charge on any atom is -0.490 e. The maximum atomic E-state index is 5.86. The molecule has 0 atom stereocenters. The lowest BCUT2D eigenvalue weighted by Gasteiger charge is -2.34. The van der Waals surface area contributed by atoms with E-state index in [-0.39, 0.29) is 12.4 Å². The number of hydrogen-bond acceptors (Lipinski definition) is 4. The highest BCUT2D eigenvalue weighted by atomic mass is 79.9. The molecule has 0 bridgehead atoms. The summed E-state index contributed by atoms with van der Waals surface area (Å²) in [5.74, 6) is 1.75. The molecule has 0 saturated carbocycles. The molecule has 0 amide bonds. The van der Waals surface area contributed by atoms with Crippen LogP contribution in [0.3, 0.4) is 0 Å². The molecular weight excluding hydrogens is 392 g/mol. The maximum absolute atomic E-state index is 5.86. The second-order valence-corrected chi connectivity index (χ2v) is 8.02. The molecule has 0 aliphatic carbocycles. The van der Waals surface area contributed by atoms with E-state index in [4.69, 9.17) is 9.47 Å². The zero-order valence-electron chi connectivity index (χ0n) is 14.0. The second-order valence-electron chi connectivity index (χ2n) is 7.17. The Morgan fingerprint density at radius 1 is 1.12 bits per heavy atom. The normalized spacial score (nSPS) is 22.9. The lowest BCUT2D eigenvalue weighted by molar-refractivity contribution is 0.194. The van der Waals surface area contributed by atoms with Crippen LogP contribution in [0.15, 0.2) is 16.6 Å². The molecule has 0 radical (unpaired) electrons. The van der Waals surface area contributed by atoms with Gasteiger partial charge in [0.05, 0.1) is 17.7 Å². The van der Waals surface area contributed by atoms with Crippen LogP contribution in [-0.4, -0.2) is 44.3 Å². The Morgan fingerprint density at radius 3 is 2.75 bits per heavy atom. The van der Waals surface area contributed by atoms with Crippen molar-refractivity contribution in [2.24, 2.45) is 5.41 Å². The Balaban J connectivity index is 0.00000169. The highest BCUT2D eigenvalue weighted by molar-refractivity contribution is 9.10. The molecule has 1 aromatic carbocycles. The van der Waals surface area contributed by atoms with E-state index in [0.717, 1.165) is 42.2 Å². The van der Waals surface area contributed by atoms with Crippen molar-refractivity contribution in [3.05, 3.63) is 22.2 Å². The predicted molar refractivity (Wildman–Crippen MR) is 101 cm³/mol. The average molecular weight is 418 g/mol. The number of ether oxygens (including phenoxy) is 2. The monoisotopic (exact) mass is 416 g/mol. The molecular formula is C18H26BrClN2O2. The molecule has 1 N–H and O–H groups in total. The summed E-state index contributed by atoms with van der Waals surface area (Å²) >= 11 is 3.66. The molecule has 2 fully saturated rings. The largest absolute Gasteiger partial charge is 0.490 e. The Morgan fingerprint density at radius 2 is 1.92 bits per heavy atom. The molecule has 1 spiro atoms. The van der Waals surface area contributed by atoms with Crippen LogP contribution in [0.1, 0.15) is 31.2 Å². The van der Waals surface area contributed by atoms with E-state index >= 15 is 0 Å². The van der Waals surface area contributed by atoms with Gasteiger partial charge in [-0.05, 0) is 77.9 Å². The number of halogens is 2. The van der Waals surface area contributed by atoms with Gasteiger partial charge in [-0.15, -0.1) is 12.4 Å². The first-order chi connectivity index (χ1) is 11.2. The summed E-state index contributed by atoms with van der Waals surface area (Å²) in [5.41, 5.74) is 1.88. The third-order valence-electron chi connectivity index (χ3n) is 5.45. The number of nitrogens with one attached hydrogen (secondary N) is 1.